The molecule has 20 heavy (non-hydrogen) atoms. The van der Waals surface area contributed by atoms with Crippen LogP contribution in [0, 0.1) is 0 Å². The van der Waals surface area contributed by atoms with Gasteiger partial charge < -0.3 is 16.0 Å². The molecule has 4 nitrogen and oxygen atoms in total. The summed E-state index contributed by atoms with van der Waals surface area (Å²) in [5.74, 6) is 0.802. The highest BCUT2D eigenvalue weighted by Gasteiger charge is 2.14. The highest BCUT2D eigenvalue weighted by Crippen LogP contribution is 2.22. The number of nitrogens with two attached hydrogens (primary N) is 1. The number of thioether (sulfide) groups is 1. The average molecular weight is 293 g/mol. The van der Waals surface area contributed by atoms with Crippen LogP contribution in [0.1, 0.15) is 19.3 Å². The summed E-state index contributed by atoms with van der Waals surface area (Å²) >= 11 is 1.70. The third kappa shape index (κ3) is 4.15. The van der Waals surface area contributed by atoms with Crippen molar-refractivity contribution in [3.8, 4) is 0 Å². The largest absolute Gasteiger partial charge is 0.372 e. The van der Waals surface area contributed by atoms with Crippen LogP contribution < -0.4 is 16.0 Å². The predicted molar refractivity (Wildman–Crippen MR) is 87.5 cm³/mol. The SMILES string of the molecule is CSCC[C@@H](N)C(=O)Nc1ccc(N2CCCC2)cc1. The third-order valence-electron chi connectivity index (χ3n) is 3.58. The van der Waals surface area contributed by atoms with Gasteiger partial charge in [0.2, 0.25) is 5.91 Å². The Hall–Kier alpha value is -1.20. The lowest BCUT2D eigenvalue weighted by atomic mass is 10.2. The van der Waals surface area contributed by atoms with E-state index in [9.17, 15) is 4.79 Å². The van der Waals surface area contributed by atoms with Crippen molar-refractivity contribution in [1.29, 1.82) is 0 Å². The predicted octanol–water partition coefficient (Wildman–Crippen LogP) is 2.31. The standard InChI is InChI=1S/C15H23N3OS/c1-20-11-8-14(16)15(19)17-12-4-6-13(7-5-12)18-9-2-3-10-18/h4-7,14H,2-3,8-11,16H2,1H3,(H,17,19)/t14-/m1/s1. The van der Waals surface area contributed by atoms with Gasteiger partial charge in [0, 0.05) is 24.5 Å². The molecule has 1 aromatic rings. The van der Waals surface area contributed by atoms with Crippen molar-refractivity contribution in [1.82, 2.24) is 0 Å². The van der Waals surface area contributed by atoms with Gasteiger partial charge in [0.15, 0.2) is 0 Å². The average Bonchev–Trinajstić information content (AvgIpc) is 2.99. The number of nitrogens with one attached hydrogen (secondary N) is 1. The smallest absolute Gasteiger partial charge is 0.241 e. The molecule has 110 valence electrons. The molecule has 1 aliphatic rings. The lowest BCUT2D eigenvalue weighted by Gasteiger charge is -2.18. The van der Waals surface area contributed by atoms with Gasteiger partial charge in [-0.3, -0.25) is 4.79 Å². The van der Waals surface area contributed by atoms with Crippen molar-refractivity contribution >= 4 is 29.0 Å². The molecule has 1 saturated heterocycles. The maximum Gasteiger partial charge on any atom is 0.241 e. The molecular weight excluding hydrogens is 270 g/mol. The third-order valence-corrected chi connectivity index (χ3v) is 4.22. The minimum atomic E-state index is -0.430. The maximum absolute atomic E-state index is 11.9. The summed E-state index contributed by atoms with van der Waals surface area (Å²) in [7, 11) is 0. The Morgan fingerprint density at radius 3 is 2.60 bits per heavy atom. The van der Waals surface area contributed by atoms with Gasteiger partial charge >= 0.3 is 0 Å². The van der Waals surface area contributed by atoms with Crippen LogP contribution in [0.3, 0.4) is 0 Å². The van der Waals surface area contributed by atoms with E-state index in [0.29, 0.717) is 6.42 Å². The monoisotopic (exact) mass is 293 g/mol. The van der Waals surface area contributed by atoms with Gasteiger partial charge in [0.25, 0.3) is 0 Å². The fourth-order valence-electron chi connectivity index (χ4n) is 2.34. The van der Waals surface area contributed by atoms with E-state index in [1.165, 1.54) is 18.5 Å². The summed E-state index contributed by atoms with van der Waals surface area (Å²) in [5.41, 5.74) is 7.89. The Bertz CT molecular complexity index is 429. The fourth-order valence-corrected chi connectivity index (χ4v) is 2.83. The zero-order valence-electron chi connectivity index (χ0n) is 12.0. The van der Waals surface area contributed by atoms with Crippen LogP contribution in [0.25, 0.3) is 0 Å². The first kappa shape index (κ1) is 15.2. The number of anilines is 2. The molecule has 1 aromatic carbocycles. The molecule has 0 saturated carbocycles. The quantitative estimate of drug-likeness (QED) is 0.845. The molecule has 0 radical (unpaired) electrons. The van der Waals surface area contributed by atoms with Crippen molar-refractivity contribution < 1.29 is 4.79 Å². The lowest BCUT2D eigenvalue weighted by Crippen LogP contribution is -2.36. The number of hydrogen-bond donors (Lipinski definition) is 2. The Kier molecular flexibility index (Phi) is 5.73. The van der Waals surface area contributed by atoms with E-state index in [1.807, 2.05) is 18.4 Å². The minimum Gasteiger partial charge on any atom is -0.372 e. The molecule has 0 aliphatic carbocycles. The second kappa shape index (κ2) is 7.55. The molecule has 1 amide bonds. The number of benzene rings is 1. The van der Waals surface area contributed by atoms with Crippen LogP contribution in [-0.2, 0) is 4.79 Å². The van der Waals surface area contributed by atoms with E-state index >= 15 is 0 Å². The van der Waals surface area contributed by atoms with Gasteiger partial charge in [-0.2, -0.15) is 11.8 Å². The van der Waals surface area contributed by atoms with Crippen molar-refractivity contribution in [3.05, 3.63) is 24.3 Å². The van der Waals surface area contributed by atoms with Crippen LogP contribution in [-0.4, -0.2) is 37.0 Å². The second-order valence-electron chi connectivity index (χ2n) is 5.12. The van der Waals surface area contributed by atoms with E-state index < -0.39 is 6.04 Å². The van der Waals surface area contributed by atoms with Crippen molar-refractivity contribution in [3.63, 3.8) is 0 Å². The number of carbonyl (C=O) groups is 1. The Balaban J connectivity index is 1.88. The molecule has 0 spiro atoms. The van der Waals surface area contributed by atoms with Crippen LogP contribution >= 0.6 is 11.8 Å². The Morgan fingerprint density at radius 1 is 1.35 bits per heavy atom. The summed E-state index contributed by atoms with van der Waals surface area (Å²) in [4.78, 5) is 14.3. The molecule has 3 N–H and O–H groups in total. The zero-order valence-corrected chi connectivity index (χ0v) is 12.8. The Morgan fingerprint density at radius 2 is 2.00 bits per heavy atom. The highest BCUT2D eigenvalue weighted by molar-refractivity contribution is 7.98. The van der Waals surface area contributed by atoms with Crippen molar-refractivity contribution in [2.45, 2.75) is 25.3 Å². The summed E-state index contributed by atoms with van der Waals surface area (Å²) in [6, 6.07) is 7.60. The van der Waals surface area contributed by atoms with E-state index in [4.69, 9.17) is 5.73 Å². The number of rotatable bonds is 6. The summed E-state index contributed by atoms with van der Waals surface area (Å²) in [6.45, 7) is 2.26. The topological polar surface area (TPSA) is 58.4 Å². The molecule has 0 aromatic heterocycles. The molecule has 0 bridgehead atoms. The van der Waals surface area contributed by atoms with Gasteiger partial charge in [0.05, 0.1) is 6.04 Å². The molecule has 1 atom stereocenters. The second-order valence-corrected chi connectivity index (χ2v) is 6.10. The van der Waals surface area contributed by atoms with Crippen LogP contribution in [0.4, 0.5) is 11.4 Å². The number of carbonyl (C=O) groups excluding carboxylic acids is 1. The van der Waals surface area contributed by atoms with E-state index in [-0.39, 0.29) is 5.91 Å². The van der Waals surface area contributed by atoms with E-state index in [2.05, 4.69) is 22.3 Å². The Labute approximate surface area is 125 Å². The molecule has 0 unspecified atom stereocenters. The molecule has 1 fully saturated rings. The summed E-state index contributed by atoms with van der Waals surface area (Å²) in [6.07, 6.45) is 5.26. The van der Waals surface area contributed by atoms with Crippen molar-refractivity contribution in [2.75, 3.05) is 35.3 Å². The minimum absolute atomic E-state index is 0.104. The van der Waals surface area contributed by atoms with Gasteiger partial charge in [-0.05, 0) is 55.5 Å². The lowest BCUT2D eigenvalue weighted by molar-refractivity contribution is -0.117. The van der Waals surface area contributed by atoms with Gasteiger partial charge in [-0.25, -0.2) is 0 Å². The zero-order chi connectivity index (χ0) is 14.4. The summed E-state index contributed by atoms with van der Waals surface area (Å²) in [5, 5.41) is 2.88. The summed E-state index contributed by atoms with van der Waals surface area (Å²) < 4.78 is 0. The molecular formula is C15H23N3OS. The van der Waals surface area contributed by atoms with Gasteiger partial charge in [-0.1, -0.05) is 0 Å². The van der Waals surface area contributed by atoms with Crippen LogP contribution in [0.5, 0.6) is 0 Å². The normalized spacial score (nSPS) is 16.2. The first-order chi connectivity index (χ1) is 9.70. The van der Waals surface area contributed by atoms with Gasteiger partial charge in [-0.15, -0.1) is 0 Å². The first-order valence-electron chi connectivity index (χ1n) is 7.11. The van der Waals surface area contributed by atoms with E-state index in [1.54, 1.807) is 11.8 Å². The molecule has 2 rings (SSSR count). The number of amides is 1. The molecule has 5 heteroatoms. The molecule has 1 aliphatic heterocycles. The number of hydrogen-bond acceptors (Lipinski definition) is 4. The number of nitrogens with zero attached hydrogens (tertiary/aromatic N) is 1. The van der Waals surface area contributed by atoms with E-state index in [0.717, 1.165) is 24.5 Å². The highest BCUT2D eigenvalue weighted by atomic mass is 32.2. The first-order valence-corrected chi connectivity index (χ1v) is 8.50. The van der Waals surface area contributed by atoms with Crippen molar-refractivity contribution in [2.24, 2.45) is 5.73 Å². The van der Waals surface area contributed by atoms with Crippen LogP contribution in [0.15, 0.2) is 24.3 Å². The van der Waals surface area contributed by atoms with Gasteiger partial charge in [0.1, 0.15) is 0 Å². The molecule has 1 heterocycles. The maximum atomic E-state index is 11.9. The van der Waals surface area contributed by atoms with Crippen LogP contribution in [0.2, 0.25) is 0 Å². The fraction of sp³-hybridized carbons (Fsp3) is 0.533.